The van der Waals surface area contributed by atoms with Gasteiger partial charge in [0.05, 0.1) is 25.0 Å². The number of nitrogens with zero attached hydrogens (tertiary/aromatic N) is 1. The zero-order valence-electron chi connectivity index (χ0n) is 12.7. The van der Waals surface area contributed by atoms with Crippen molar-refractivity contribution in [3.63, 3.8) is 0 Å². The lowest BCUT2D eigenvalue weighted by Crippen LogP contribution is -2.46. The highest BCUT2D eigenvalue weighted by Gasteiger charge is 2.36. The quantitative estimate of drug-likeness (QED) is 0.787. The van der Waals surface area contributed by atoms with Crippen molar-refractivity contribution in [2.24, 2.45) is 5.92 Å². The molecule has 0 unspecified atom stereocenters. The van der Waals surface area contributed by atoms with Gasteiger partial charge in [-0.05, 0) is 43.4 Å². The van der Waals surface area contributed by atoms with E-state index < -0.39 is 5.60 Å². The monoisotopic (exact) mass is 306 g/mol. The van der Waals surface area contributed by atoms with Crippen LogP contribution < -0.4 is 5.32 Å². The minimum atomic E-state index is -0.932. The SMILES string of the molecule is COC(=O)C1CCC(O)(CNC(=O)Cc2ccncc2)CC1. The number of pyridine rings is 1. The van der Waals surface area contributed by atoms with Gasteiger partial charge in [0, 0.05) is 18.9 Å². The first-order chi connectivity index (χ1) is 10.5. The molecule has 0 aliphatic heterocycles. The Hall–Kier alpha value is -1.95. The van der Waals surface area contributed by atoms with Crippen LogP contribution in [-0.4, -0.2) is 41.2 Å². The van der Waals surface area contributed by atoms with Crippen LogP contribution in [0.3, 0.4) is 0 Å². The van der Waals surface area contributed by atoms with Crippen LogP contribution in [0.5, 0.6) is 0 Å². The molecule has 1 heterocycles. The Balaban J connectivity index is 1.77. The molecular formula is C16H22N2O4. The van der Waals surface area contributed by atoms with E-state index in [1.54, 1.807) is 24.5 Å². The van der Waals surface area contributed by atoms with Crippen molar-refractivity contribution in [1.29, 1.82) is 0 Å². The Bertz CT molecular complexity index is 510. The zero-order chi connectivity index (χ0) is 16.0. The van der Waals surface area contributed by atoms with Gasteiger partial charge in [-0.2, -0.15) is 0 Å². The molecule has 0 atom stereocenters. The third-order valence-corrected chi connectivity index (χ3v) is 4.18. The number of aromatic nitrogens is 1. The standard InChI is InChI=1S/C16H22N2O4/c1-22-15(20)13-2-6-16(21,7-3-13)11-18-14(19)10-12-4-8-17-9-5-12/h4-5,8-9,13,21H,2-3,6-7,10-11H2,1H3,(H,18,19). The number of amides is 1. The van der Waals surface area contributed by atoms with Gasteiger partial charge in [-0.25, -0.2) is 0 Å². The Morgan fingerprint density at radius 1 is 1.36 bits per heavy atom. The number of rotatable bonds is 5. The molecule has 1 aliphatic rings. The summed E-state index contributed by atoms with van der Waals surface area (Å²) >= 11 is 0. The van der Waals surface area contributed by atoms with Gasteiger partial charge >= 0.3 is 5.97 Å². The first-order valence-corrected chi connectivity index (χ1v) is 7.48. The van der Waals surface area contributed by atoms with E-state index in [0.717, 1.165) is 5.56 Å². The fourth-order valence-corrected chi connectivity index (χ4v) is 2.75. The smallest absolute Gasteiger partial charge is 0.308 e. The molecule has 1 aromatic rings. The van der Waals surface area contributed by atoms with Gasteiger partial charge in [0.1, 0.15) is 0 Å². The van der Waals surface area contributed by atoms with E-state index in [0.29, 0.717) is 25.7 Å². The zero-order valence-corrected chi connectivity index (χ0v) is 12.7. The minimum Gasteiger partial charge on any atom is -0.469 e. The molecule has 120 valence electrons. The largest absolute Gasteiger partial charge is 0.469 e. The van der Waals surface area contributed by atoms with E-state index in [1.165, 1.54) is 7.11 Å². The highest BCUT2D eigenvalue weighted by Crippen LogP contribution is 2.32. The second-order valence-electron chi connectivity index (χ2n) is 5.83. The summed E-state index contributed by atoms with van der Waals surface area (Å²) < 4.78 is 4.73. The van der Waals surface area contributed by atoms with Gasteiger partial charge in [0.25, 0.3) is 0 Å². The van der Waals surface area contributed by atoms with E-state index in [1.807, 2.05) is 0 Å². The molecule has 0 radical (unpaired) electrons. The number of esters is 1. The second kappa shape index (κ2) is 7.35. The first-order valence-electron chi connectivity index (χ1n) is 7.48. The summed E-state index contributed by atoms with van der Waals surface area (Å²) in [6.07, 6.45) is 5.70. The average molecular weight is 306 g/mol. The number of hydrogen-bond acceptors (Lipinski definition) is 5. The van der Waals surface area contributed by atoms with Crippen LogP contribution >= 0.6 is 0 Å². The van der Waals surface area contributed by atoms with Crippen molar-refractivity contribution in [2.45, 2.75) is 37.7 Å². The van der Waals surface area contributed by atoms with E-state index in [2.05, 4.69) is 10.3 Å². The Labute approximate surface area is 129 Å². The predicted octanol–water partition coefficient (Wildman–Crippen LogP) is 0.835. The summed E-state index contributed by atoms with van der Waals surface area (Å²) in [6, 6.07) is 3.58. The normalized spacial score (nSPS) is 24.5. The maximum absolute atomic E-state index is 11.9. The van der Waals surface area contributed by atoms with Crippen LogP contribution in [0, 0.1) is 5.92 Å². The molecule has 22 heavy (non-hydrogen) atoms. The number of carbonyl (C=O) groups excluding carboxylic acids is 2. The summed E-state index contributed by atoms with van der Waals surface area (Å²) in [5.74, 6) is -0.490. The summed E-state index contributed by atoms with van der Waals surface area (Å²) in [5.41, 5.74) is -0.0489. The fraction of sp³-hybridized carbons (Fsp3) is 0.562. The van der Waals surface area contributed by atoms with Crippen LogP contribution in [-0.2, 0) is 20.7 Å². The molecular weight excluding hydrogens is 284 g/mol. The Kier molecular flexibility index (Phi) is 5.49. The van der Waals surface area contributed by atoms with Crippen molar-refractivity contribution in [2.75, 3.05) is 13.7 Å². The molecule has 0 aromatic carbocycles. The van der Waals surface area contributed by atoms with Crippen molar-refractivity contribution >= 4 is 11.9 Å². The molecule has 6 nitrogen and oxygen atoms in total. The molecule has 6 heteroatoms. The number of nitrogens with one attached hydrogen (secondary N) is 1. The number of carbonyl (C=O) groups is 2. The van der Waals surface area contributed by atoms with Crippen molar-refractivity contribution in [3.05, 3.63) is 30.1 Å². The number of hydrogen-bond donors (Lipinski definition) is 2. The summed E-state index contributed by atoms with van der Waals surface area (Å²) in [7, 11) is 1.38. The minimum absolute atomic E-state index is 0.130. The molecule has 1 fully saturated rings. The third kappa shape index (κ3) is 4.53. The molecule has 2 N–H and O–H groups in total. The molecule has 1 amide bonds. The fourth-order valence-electron chi connectivity index (χ4n) is 2.75. The molecule has 1 aliphatic carbocycles. The van der Waals surface area contributed by atoms with E-state index in [9.17, 15) is 14.7 Å². The lowest BCUT2D eigenvalue weighted by Gasteiger charge is -2.35. The number of ether oxygens (including phenoxy) is 1. The first kappa shape index (κ1) is 16.4. The molecule has 0 bridgehead atoms. The van der Waals surface area contributed by atoms with Gasteiger partial charge in [0.15, 0.2) is 0 Å². The van der Waals surface area contributed by atoms with E-state index >= 15 is 0 Å². The Morgan fingerprint density at radius 3 is 2.59 bits per heavy atom. The molecule has 1 saturated carbocycles. The van der Waals surface area contributed by atoms with Gasteiger partial charge in [-0.1, -0.05) is 0 Å². The number of aliphatic hydroxyl groups is 1. The van der Waals surface area contributed by atoms with Gasteiger partial charge in [-0.3, -0.25) is 14.6 Å². The van der Waals surface area contributed by atoms with Crippen molar-refractivity contribution in [3.8, 4) is 0 Å². The maximum Gasteiger partial charge on any atom is 0.308 e. The van der Waals surface area contributed by atoms with Crippen molar-refractivity contribution < 1.29 is 19.4 Å². The third-order valence-electron chi connectivity index (χ3n) is 4.18. The predicted molar refractivity (Wildman–Crippen MR) is 79.9 cm³/mol. The highest BCUT2D eigenvalue weighted by molar-refractivity contribution is 5.78. The van der Waals surface area contributed by atoms with Gasteiger partial charge in [0.2, 0.25) is 5.91 Å². The maximum atomic E-state index is 11.9. The van der Waals surface area contributed by atoms with Gasteiger partial charge in [-0.15, -0.1) is 0 Å². The molecule has 1 aromatic heterocycles. The molecule has 0 saturated heterocycles. The molecule has 0 spiro atoms. The lowest BCUT2D eigenvalue weighted by atomic mass is 9.79. The van der Waals surface area contributed by atoms with Crippen LogP contribution in [0.25, 0.3) is 0 Å². The van der Waals surface area contributed by atoms with Crippen LogP contribution in [0.4, 0.5) is 0 Å². The summed E-state index contributed by atoms with van der Waals surface area (Å²) in [4.78, 5) is 27.3. The lowest BCUT2D eigenvalue weighted by molar-refractivity contribution is -0.148. The number of methoxy groups -OCH3 is 1. The van der Waals surface area contributed by atoms with Crippen molar-refractivity contribution in [1.82, 2.24) is 10.3 Å². The van der Waals surface area contributed by atoms with E-state index in [4.69, 9.17) is 4.74 Å². The van der Waals surface area contributed by atoms with Gasteiger partial charge < -0.3 is 15.2 Å². The van der Waals surface area contributed by atoms with Crippen LogP contribution in [0.15, 0.2) is 24.5 Å². The average Bonchev–Trinajstić information content (AvgIpc) is 2.54. The highest BCUT2D eigenvalue weighted by atomic mass is 16.5. The van der Waals surface area contributed by atoms with Crippen LogP contribution in [0.2, 0.25) is 0 Å². The Morgan fingerprint density at radius 2 is 2.00 bits per heavy atom. The topological polar surface area (TPSA) is 88.5 Å². The van der Waals surface area contributed by atoms with Crippen LogP contribution in [0.1, 0.15) is 31.2 Å². The van der Waals surface area contributed by atoms with E-state index in [-0.39, 0.29) is 30.8 Å². The summed E-state index contributed by atoms with van der Waals surface area (Å²) in [5, 5.41) is 13.3. The molecule has 2 rings (SSSR count). The second-order valence-corrected chi connectivity index (χ2v) is 5.83. The summed E-state index contributed by atoms with van der Waals surface area (Å²) in [6.45, 7) is 0.213.